The van der Waals surface area contributed by atoms with Crippen molar-refractivity contribution in [2.45, 2.75) is 25.4 Å². The second-order valence-corrected chi connectivity index (χ2v) is 9.70. The molecule has 0 saturated carbocycles. The molecule has 1 aliphatic rings. The number of nitrogens with zero attached hydrogens (tertiary/aromatic N) is 3. The molecule has 0 spiro atoms. The van der Waals surface area contributed by atoms with Gasteiger partial charge in [0, 0.05) is 37.5 Å². The molecule has 1 aromatic carbocycles. The van der Waals surface area contributed by atoms with Crippen LogP contribution < -0.4 is 5.32 Å². The maximum atomic E-state index is 13.6. The average molecular weight is 517 g/mol. The van der Waals surface area contributed by atoms with Crippen molar-refractivity contribution in [3.05, 3.63) is 111 Å². The van der Waals surface area contributed by atoms with Crippen LogP contribution in [-0.4, -0.2) is 38.5 Å². The molecule has 0 bridgehead atoms. The van der Waals surface area contributed by atoms with Gasteiger partial charge in [-0.25, -0.2) is 4.98 Å². The summed E-state index contributed by atoms with van der Waals surface area (Å²) in [5.41, 5.74) is 2.48. The summed E-state index contributed by atoms with van der Waals surface area (Å²) >= 11 is 7.81. The van der Waals surface area contributed by atoms with Crippen LogP contribution in [0.1, 0.15) is 36.9 Å². The fraction of sp³-hybridized carbons (Fsp3) is 0.148. The first-order chi connectivity index (χ1) is 17.5. The standard InChI is InChI=1S/C27H21ClN4O3S/c28-21-13-17(7-8-20(21)26(34)31-24-6-2-4-11-30-24)16-32-22(15-19-5-1-3-10-29-19)23(33)14-18-9-12-36-25(18)27(32)35/h1-13,22H,14-16H2,(H,30,31,34)/t22-/m1/s1. The number of hydrogen-bond donors (Lipinski definition) is 1. The molecule has 1 atom stereocenters. The number of benzene rings is 1. The van der Waals surface area contributed by atoms with Crippen LogP contribution in [0.25, 0.3) is 0 Å². The molecule has 180 valence electrons. The van der Waals surface area contributed by atoms with E-state index in [-0.39, 0.29) is 41.1 Å². The summed E-state index contributed by atoms with van der Waals surface area (Å²) < 4.78 is 0. The highest BCUT2D eigenvalue weighted by molar-refractivity contribution is 7.12. The molecule has 4 aromatic rings. The highest BCUT2D eigenvalue weighted by atomic mass is 35.5. The number of halogens is 1. The lowest BCUT2D eigenvalue weighted by Gasteiger charge is -2.29. The van der Waals surface area contributed by atoms with E-state index < -0.39 is 6.04 Å². The van der Waals surface area contributed by atoms with Gasteiger partial charge in [-0.1, -0.05) is 29.8 Å². The Labute approximate surface area is 216 Å². The lowest BCUT2D eigenvalue weighted by Crippen LogP contribution is -2.44. The van der Waals surface area contributed by atoms with Crippen molar-refractivity contribution in [3.8, 4) is 0 Å². The molecule has 4 heterocycles. The number of carbonyl (C=O) groups excluding carboxylic acids is 3. The van der Waals surface area contributed by atoms with E-state index in [1.165, 1.54) is 11.3 Å². The molecule has 0 fully saturated rings. The van der Waals surface area contributed by atoms with Crippen molar-refractivity contribution >= 4 is 46.4 Å². The van der Waals surface area contributed by atoms with Crippen LogP contribution in [-0.2, 0) is 24.2 Å². The largest absolute Gasteiger partial charge is 0.323 e. The van der Waals surface area contributed by atoms with Gasteiger partial charge >= 0.3 is 0 Å². The topological polar surface area (TPSA) is 92.3 Å². The van der Waals surface area contributed by atoms with Gasteiger partial charge in [0.05, 0.1) is 21.5 Å². The van der Waals surface area contributed by atoms with Crippen molar-refractivity contribution in [1.29, 1.82) is 0 Å². The molecule has 0 saturated heterocycles. The van der Waals surface area contributed by atoms with Crippen molar-refractivity contribution < 1.29 is 14.4 Å². The van der Waals surface area contributed by atoms with Crippen LogP contribution in [0.2, 0.25) is 5.02 Å². The van der Waals surface area contributed by atoms with Crippen LogP contribution >= 0.6 is 22.9 Å². The molecule has 1 N–H and O–H groups in total. The summed E-state index contributed by atoms with van der Waals surface area (Å²) in [5, 5.41) is 4.79. The maximum Gasteiger partial charge on any atom is 0.265 e. The highest BCUT2D eigenvalue weighted by Gasteiger charge is 2.36. The highest BCUT2D eigenvalue weighted by Crippen LogP contribution is 2.29. The fourth-order valence-corrected chi connectivity index (χ4v) is 5.36. The monoisotopic (exact) mass is 516 g/mol. The van der Waals surface area contributed by atoms with Crippen molar-refractivity contribution in [2.75, 3.05) is 5.32 Å². The van der Waals surface area contributed by atoms with Crippen LogP contribution in [0.4, 0.5) is 5.82 Å². The molecule has 9 heteroatoms. The molecule has 36 heavy (non-hydrogen) atoms. The minimum Gasteiger partial charge on any atom is -0.323 e. The third-order valence-electron chi connectivity index (χ3n) is 5.98. The number of hydrogen-bond acceptors (Lipinski definition) is 6. The van der Waals surface area contributed by atoms with E-state index in [0.29, 0.717) is 22.7 Å². The van der Waals surface area contributed by atoms with Crippen LogP contribution in [0.15, 0.2) is 78.4 Å². The Morgan fingerprint density at radius 3 is 2.58 bits per heavy atom. The first-order valence-electron chi connectivity index (χ1n) is 11.3. The molecule has 0 radical (unpaired) electrons. The van der Waals surface area contributed by atoms with Gasteiger partial charge in [0.1, 0.15) is 5.82 Å². The number of ketones is 1. The Morgan fingerprint density at radius 1 is 1.06 bits per heavy atom. The Hall–Kier alpha value is -3.88. The fourth-order valence-electron chi connectivity index (χ4n) is 4.19. The Morgan fingerprint density at radius 2 is 1.86 bits per heavy atom. The molecule has 1 aliphatic heterocycles. The molecule has 0 aliphatic carbocycles. The van der Waals surface area contributed by atoms with E-state index in [2.05, 4.69) is 15.3 Å². The van der Waals surface area contributed by atoms with E-state index in [1.807, 2.05) is 29.6 Å². The number of Topliss-reactive ketones (excluding diaryl/α,β-unsaturated/α-hetero) is 1. The van der Waals surface area contributed by atoms with Gasteiger partial charge in [-0.2, -0.15) is 0 Å². The van der Waals surface area contributed by atoms with Crippen LogP contribution in [0.5, 0.6) is 0 Å². The third-order valence-corrected chi connectivity index (χ3v) is 7.24. The van der Waals surface area contributed by atoms with Gasteiger partial charge in [-0.05, 0) is 59.0 Å². The molecular weight excluding hydrogens is 496 g/mol. The smallest absolute Gasteiger partial charge is 0.265 e. The summed E-state index contributed by atoms with van der Waals surface area (Å²) in [4.78, 5) is 50.2. The Balaban J connectivity index is 1.42. The van der Waals surface area contributed by atoms with E-state index in [0.717, 1.165) is 11.3 Å². The van der Waals surface area contributed by atoms with Crippen LogP contribution in [0.3, 0.4) is 0 Å². The minimum atomic E-state index is -0.669. The number of carbonyl (C=O) groups is 3. The predicted molar refractivity (Wildman–Crippen MR) is 138 cm³/mol. The van der Waals surface area contributed by atoms with Gasteiger partial charge < -0.3 is 10.2 Å². The predicted octanol–water partition coefficient (Wildman–Crippen LogP) is 4.82. The van der Waals surface area contributed by atoms with Gasteiger partial charge in [0.15, 0.2) is 5.78 Å². The zero-order chi connectivity index (χ0) is 25.1. The van der Waals surface area contributed by atoms with Crippen molar-refractivity contribution in [2.24, 2.45) is 0 Å². The zero-order valence-corrected chi connectivity index (χ0v) is 20.6. The third kappa shape index (κ3) is 5.05. The SMILES string of the molecule is O=C(Nc1ccccn1)c1ccc(CN2C(=O)c3sccc3CC(=O)[C@H]2Cc2ccccn2)cc1Cl. The maximum absolute atomic E-state index is 13.6. The van der Waals surface area contributed by atoms with Gasteiger partial charge in [-0.3, -0.25) is 19.4 Å². The first kappa shape index (κ1) is 23.8. The van der Waals surface area contributed by atoms with Gasteiger partial charge in [0.25, 0.3) is 11.8 Å². The number of thiophene rings is 1. The first-order valence-corrected chi connectivity index (χ1v) is 12.6. The Bertz CT molecular complexity index is 1430. The summed E-state index contributed by atoms with van der Waals surface area (Å²) in [6.07, 6.45) is 3.78. The summed E-state index contributed by atoms with van der Waals surface area (Å²) in [5.74, 6) is -0.202. The van der Waals surface area contributed by atoms with Crippen molar-refractivity contribution in [3.63, 3.8) is 0 Å². The zero-order valence-electron chi connectivity index (χ0n) is 19.1. The molecule has 0 unspecified atom stereocenters. The number of rotatable bonds is 6. The van der Waals surface area contributed by atoms with Gasteiger partial charge in [0.2, 0.25) is 0 Å². The number of pyridine rings is 2. The van der Waals surface area contributed by atoms with Crippen molar-refractivity contribution in [1.82, 2.24) is 14.9 Å². The molecule has 2 amide bonds. The van der Waals surface area contributed by atoms with E-state index >= 15 is 0 Å². The normalized spacial score (nSPS) is 15.4. The number of nitrogens with one attached hydrogen (secondary N) is 1. The minimum absolute atomic E-state index is 0.0383. The number of fused-ring (bicyclic) bond motifs is 1. The van der Waals surface area contributed by atoms with E-state index in [1.54, 1.807) is 53.7 Å². The summed E-state index contributed by atoms with van der Waals surface area (Å²) in [7, 11) is 0. The summed E-state index contributed by atoms with van der Waals surface area (Å²) in [6, 6.07) is 16.9. The van der Waals surface area contributed by atoms with Crippen LogP contribution in [0, 0.1) is 0 Å². The second-order valence-electron chi connectivity index (χ2n) is 8.38. The lowest BCUT2D eigenvalue weighted by atomic mass is 10.0. The number of anilines is 1. The molecular formula is C27H21ClN4O3S. The average Bonchev–Trinajstić information content (AvgIpc) is 3.32. The van der Waals surface area contributed by atoms with Gasteiger partial charge in [-0.15, -0.1) is 11.3 Å². The second kappa shape index (κ2) is 10.4. The van der Waals surface area contributed by atoms with E-state index in [4.69, 9.17) is 11.6 Å². The molecule has 5 rings (SSSR count). The number of amides is 2. The number of aromatic nitrogens is 2. The lowest BCUT2D eigenvalue weighted by molar-refractivity contribution is -0.122. The molecule has 3 aromatic heterocycles. The van der Waals surface area contributed by atoms with E-state index in [9.17, 15) is 14.4 Å². The molecule has 7 nitrogen and oxygen atoms in total. The summed E-state index contributed by atoms with van der Waals surface area (Å²) in [6.45, 7) is 0.168. The quantitative estimate of drug-likeness (QED) is 0.396. The Kier molecular flexibility index (Phi) is 6.88.